The Balaban J connectivity index is 1.86. The molecule has 3 rings (SSSR count). The lowest BCUT2D eigenvalue weighted by atomic mass is 9.94. The van der Waals surface area contributed by atoms with E-state index in [0.29, 0.717) is 6.04 Å². The van der Waals surface area contributed by atoms with Gasteiger partial charge in [0.25, 0.3) is 5.56 Å². The Morgan fingerprint density at radius 2 is 2.35 bits per heavy atom. The molecule has 2 aliphatic heterocycles. The molecule has 5 nitrogen and oxygen atoms in total. The summed E-state index contributed by atoms with van der Waals surface area (Å²) in [4.78, 5) is 13.8. The molecule has 0 radical (unpaired) electrons. The molecule has 0 aromatic carbocycles. The van der Waals surface area contributed by atoms with Crippen LogP contribution in [0, 0.1) is 12.8 Å². The SMILES string of the molecule is Cc1c(N2C[C@H]3CCCN[C@H]3C2)cn[nH]c1=O. The predicted molar refractivity (Wildman–Crippen MR) is 66.3 cm³/mol. The average molecular weight is 234 g/mol. The Bertz CT molecular complexity index is 456. The van der Waals surface area contributed by atoms with E-state index in [1.54, 1.807) is 6.20 Å². The minimum atomic E-state index is -0.0784. The summed E-state index contributed by atoms with van der Waals surface area (Å²) in [6, 6.07) is 0.586. The molecule has 0 unspecified atom stereocenters. The normalized spacial score (nSPS) is 28.2. The van der Waals surface area contributed by atoms with Gasteiger partial charge in [-0.2, -0.15) is 5.10 Å². The van der Waals surface area contributed by atoms with Crippen LogP contribution in [0.4, 0.5) is 5.69 Å². The zero-order valence-electron chi connectivity index (χ0n) is 10.1. The maximum Gasteiger partial charge on any atom is 0.269 e. The van der Waals surface area contributed by atoms with E-state index in [-0.39, 0.29) is 5.56 Å². The Labute approximate surface area is 100 Å². The van der Waals surface area contributed by atoms with Crippen molar-refractivity contribution in [1.82, 2.24) is 15.5 Å². The second-order valence-electron chi connectivity index (χ2n) is 5.08. The first-order valence-corrected chi connectivity index (χ1v) is 6.28. The maximum atomic E-state index is 11.6. The van der Waals surface area contributed by atoms with Crippen molar-refractivity contribution in [2.45, 2.75) is 25.8 Å². The number of piperidine rings is 1. The third-order valence-electron chi connectivity index (χ3n) is 4.02. The smallest absolute Gasteiger partial charge is 0.269 e. The quantitative estimate of drug-likeness (QED) is 0.732. The number of hydrogen-bond donors (Lipinski definition) is 2. The van der Waals surface area contributed by atoms with Crippen molar-refractivity contribution in [2.24, 2.45) is 5.92 Å². The van der Waals surface area contributed by atoms with Gasteiger partial charge in [-0.3, -0.25) is 4.79 Å². The van der Waals surface area contributed by atoms with Crippen LogP contribution in [0.25, 0.3) is 0 Å². The minimum absolute atomic E-state index is 0.0784. The van der Waals surface area contributed by atoms with Gasteiger partial charge in [0.1, 0.15) is 0 Å². The third kappa shape index (κ3) is 1.84. The fourth-order valence-electron chi connectivity index (χ4n) is 3.01. The molecule has 2 atom stereocenters. The number of H-pyrrole nitrogens is 1. The van der Waals surface area contributed by atoms with Gasteiger partial charge in [0.05, 0.1) is 11.9 Å². The summed E-state index contributed by atoms with van der Waals surface area (Å²) in [5.74, 6) is 0.724. The highest BCUT2D eigenvalue weighted by Crippen LogP contribution is 2.29. The summed E-state index contributed by atoms with van der Waals surface area (Å²) < 4.78 is 0. The highest BCUT2D eigenvalue weighted by molar-refractivity contribution is 5.51. The molecule has 0 amide bonds. The molecule has 1 aromatic rings. The molecular weight excluding hydrogens is 216 g/mol. The number of anilines is 1. The number of nitrogens with one attached hydrogen (secondary N) is 2. The molecule has 0 aliphatic carbocycles. The number of aromatic amines is 1. The van der Waals surface area contributed by atoms with Crippen LogP contribution in [0.1, 0.15) is 18.4 Å². The van der Waals surface area contributed by atoms with Crippen molar-refractivity contribution >= 4 is 5.69 Å². The highest BCUT2D eigenvalue weighted by atomic mass is 16.1. The van der Waals surface area contributed by atoms with Crippen LogP contribution in [0.2, 0.25) is 0 Å². The van der Waals surface area contributed by atoms with Crippen molar-refractivity contribution in [3.63, 3.8) is 0 Å². The molecule has 17 heavy (non-hydrogen) atoms. The van der Waals surface area contributed by atoms with Crippen molar-refractivity contribution in [3.8, 4) is 0 Å². The monoisotopic (exact) mass is 234 g/mol. The summed E-state index contributed by atoms with van der Waals surface area (Å²) >= 11 is 0. The maximum absolute atomic E-state index is 11.6. The van der Waals surface area contributed by atoms with Gasteiger partial charge in [0.15, 0.2) is 0 Å². The third-order valence-corrected chi connectivity index (χ3v) is 4.02. The van der Waals surface area contributed by atoms with E-state index in [2.05, 4.69) is 20.4 Å². The van der Waals surface area contributed by atoms with E-state index in [4.69, 9.17) is 0 Å². The zero-order chi connectivity index (χ0) is 11.8. The van der Waals surface area contributed by atoms with Crippen molar-refractivity contribution in [2.75, 3.05) is 24.5 Å². The standard InChI is InChI=1S/C12H18N4O/c1-8-11(5-14-15-12(8)17)16-6-9-3-2-4-13-10(9)7-16/h5,9-10,13H,2-4,6-7H2,1H3,(H,15,17)/t9-,10+/m1/s1. The second-order valence-corrected chi connectivity index (χ2v) is 5.08. The summed E-state index contributed by atoms with van der Waals surface area (Å²) in [7, 11) is 0. The molecule has 2 aliphatic rings. The molecule has 5 heteroatoms. The molecule has 3 heterocycles. The summed E-state index contributed by atoms with van der Waals surface area (Å²) in [5.41, 5.74) is 1.69. The fraction of sp³-hybridized carbons (Fsp3) is 0.667. The van der Waals surface area contributed by atoms with Crippen LogP contribution in [0.3, 0.4) is 0 Å². The molecule has 0 saturated carbocycles. The summed E-state index contributed by atoms with van der Waals surface area (Å²) in [5, 5.41) is 9.95. The lowest BCUT2D eigenvalue weighted by Gasteiger charge is -2.24. The molecule has 2 fully saturated rings. The van der Waals surface area contributed by atoms with E-state index in [0.717, 1.165) is 36.8 Å². The Morgan fingerprint density at radius 3 is 3.18 bits per heavy atom. The van der Waals surface area contributed by atoms with Crippen molar-refractivity contribution in [3.05, 3.63) is 22.1 Å². The lowest BCUT2D eigenvalue weighted by molar-refractivity contribution is 0.340. The molecule has 0 bridgehead atoms. The van der Waals surface area contributed by atoms with Crippen LogP contribution in [-0.4, -0.2) is 35.9 Å². The molecule has 0 spiro atoms. The largest absolute Gasteiger partial charge is 0.368 e. The van der Waals surface area contributed by atoms with Gasteiger partial charge in [-0.15, -0.1) is 0 Å². The van der Waals surface area contributed by atoms with Gasteiger partial charge in [-0.1, -0.05) is 0 Å². The van der Waals surface area contributed by atoms with Gasteiger partial charge in [-0.25, -0.2) is 5.10 Å². The van der Waals surface area contributed by atoms with Crippen molar-refractivity contribution in [1.29, 1.82) is 0 Å². The second kappa shape index (κ2) is 4.14. The number of nitrogens with zero attached hydrogens (tertiary/aromatic N) is 2. The van der Waals surface area contributed by atoms with Gasteiger partial charge in [0.2, 0.25) is 0 Å². The first-order chi connectivity index (χ1) is 8.25. The van der Waals surface area contributed by atoms with Crippen molar-refractivity contribution < 1.29 is 0 Å². The lowest BCUT2D eigenvalue weighted by Crippen LogP contribution is -2.40. The molecule has 1 aromatic heterocycles. The van der Waals surface area contributed by atoms with Crippen LogP contribution < -0.4 is 15.8 Å². The number of hydrogen-bond acceptors (Lipinski definition) is 4. The summed E-state index contributed by atoms with van der Waals surface area (Å²) in [6.45, 7) is 5.03. The van der Waals surface area contributed by atoms with Crippen LogP contribution in [-0.2, 0) is 0 Å². The van der Waals surface area contributed by atoms with Crippen LogP contribution in [0.15, 0.2) is 11.0 Å². The molecule has 2 saturated heterocycles. The molecule has 92 valence electrons. The van der Waals surface area contributed by atoms with E-state index in [9.17, 15) is 4.79 Å². The van der Waals surface area contributed by atoms with Gasteiger partial charge in [0, 0.05) is 24.7 Å². The van der Waals surface area contributed by atoms with E-state index in [1.165, 1.54) is 12.8 Å². The number of rotatable bonds is 1. The van der Waals surface area contributed by atoms with Gasteiger partial charge < -0.3 is 10.2 Å². The number of aromatic nitrogens is 2. The van der Waals surface area contributed by atoms with Crippen LogP contribution in [0.5, 0.6) is 0 Å². The van der Waals surface area contributed by atoms with E-state index >= 15 is 0 Å². The zero-order valence-corrected chi connectivity index (χ0v) is 10.1. The topological polar surface area (TPSA) is 61.0 Å². The first-order valence-electron chi connectivity index (χ1n) is 6.28. The fourth-order valence-corrected chi connectivity index (χ4v) is 3.01. The highest BCUT2D eigenvalue weighted by Gasteiger charge is 2.34. The number of fused-ring (bicyclic) bond motifs is 1. The first kappa shape index (κ1) is 10.8. The van der Waals surface area contributed by atoms with E-state index < -0.39 is 0 Å². The predicted octanol–water partition coefficient (Wildman–Crippen LogP) is 0.267. The average Bonchev–Trinajstić information content (AvgIpc) is 2.76. The Kier molecular flexibility index (Phi) is 2.63. The van der Waals surface area contributed by atoms with E-state index in [1.807, 2.05) is 6.92 Å². The Hall–Kier alpha value is -1.36. The van der Waals surface area contributed by atoms with Gasteiger partial charge in [-0.05, 0) is 32.2 Å². The van der Waals surface area contributed by atoms with Crippen LogP contribution >= 0.6 is 0 Å². The molecule has 2 N–H and O–H groups in total. The minimum Gasteiger partial charge on any atom is -0.368 e. The van der Waals surface area contributed by atoms with Gasteiger partial charge >= 0.3 is 0 Å². The summed E-state index contributed by atoms with van der Waals surface area (Å²) in [6.07, 6.45) is 4.33. The molecular formula is C12H18N4O. The Morgan fingerprint density at radius 1 is 1.47 bits per heavy atom.